The highest BCUT2D eigenvalue weighted by Crippen LogP contribution is 2.09. The number of hydrogen-bond acceptors (Lipinski definition) is 5. The number of amidine groups is 1. The fourth-order valence-corrected chi connectivity index (χ4v) is 2.01. The molecule has 0 spiro atoms. The molecule has 0 aliphatic rings. The molecule has 0 bridgehead atoms. The molecule has 0 aliphatic carbocycles. The number of furan rings is 1. The van der Waals surface area contributed by atoms with Crippen LogP contribution in [0, 0.1) is 0 Å². The molecule has 1 heterocycles. The van der Waals surface area contributed by atoms with E-state index in [0.717, 1.165) is 6.26 Å². The zero-order valence-corrected chi connectivity index (χ0v) is 10.2. The summed E-state index contributed by atoms with van der Waals surface area (Å²) in [6.07, 6.45) is 2.73. The van der Waals surface area contributed by atoms with Crippen molar-refractivity contribution < 1.29 is 18.0 Å². The van der Waals surface area contributed by atoms with Gasteiger partial charge in [0, 0.05) is 13.0 Å². The van der Waals surface area contributed by atoms with E-state index in [9.17, 15) is 8.42 Å². The fourth-order valence-electron chi connectivity index (χ4n) is 1.23. The number of nitrogens with zero attached hydrogens (tertiary/aromatic N) is 2. The van der Waals surface area contributed by atoms with E-state index in [1.54, 1.807) is 12.1 Å². The first-order valence-corrected chi connectivity index (χ1v) is 6.72. The Labute approximate surface area is 99.6 Å². The molecule has 0 saturated heterocycles. The number of rotatable bonds is 6. The molecule has 0 saturated carbocycles. The average molecular weight is 261 g/mol. The largest absolute Gasteiger partial charge is 0.468 e. The second-order valence-corrected chi connectivity index (χ2v) is 5.50. The van der Waals surface area contributed by atoms with Crippen LogP contribution in [0.2, 0.25) is 0 Å². The first-order chi connectivity index (χ1) is 7.93. The topological polar surface area (TPSA) is 109 Å². The third kappa shape index (κ3) is 4.45. The Hall–Kier alpha value is -1.54. The lowest BCUT2D eigenvalue weighted by atomic mass is 10.4. The normalized spacial score (nSPS) is 13.2. The number of oxime groups is 1. The third-order valence-electron chi connectivity index (χ3n) is 2.13. The molecule has 0 fully saturated rings. The van der Waals surface area contributed by atoms with E-state index < -0.39 is 10.0 Å². The standard InChI is InChI=1S/C9H15N3O4S/c1-17(14,15)12(5-4-9(10)11-13)7-8-3-2-6-16-8/h2-3,6,13H,4-5,7H2,1H3,(H2,10,11). The molecule has 96 valence electrons. The van der Waals surface area contributed by atoms with Crippen molar-refractivity contribution in [3.63, 3.8) is 0 Å². The van der Waals surface area contributed by atoms with Crippen LogP contribution in [0.4, 0.5) is 0 Å². The zero-order valence-electron chi connectivity index (χ0n) is 9.41. The zero-order chi connectivity index (χ0) is 12.9. The van der Waals surface area contributed by atoms with E-state index in [2.05, 4.69) is 5.16 Å². The van der Waals surface area contributed by atoms with Gasteiger partial charge in [-0.1, -0.05) is 5.16 Å². The monoisotopic (exact) mass is 261 g/mol. The van der Waals surface area contributed by atoms with Crippen molar-refractivity contribution in [3.05, 3.63) is 24.2 Å². The Bertz CT molecular complexity index is 466. The second kappa shape index (κ2) is 5.69. The number of sulfonamides is 1. The lowest BCUT2D eigenvalue weighted by Crippen LogP contribution is -2.32. The molecule has 0 unspecified atom stereocenters. The predicted octanol–water partition coefficient (Wildman–Crippen LogP) is 0.178. The highest BCUT2D eigenvalue weighted by Gasteiger charge is 2.18. The quantitative estimate of drug-likeness (QED) is 0.328. The maximum absolute atomic E-state index is 11.5. The molecule has 1 rings (SSSR count). The third-order valence-corrected chi connectivity index (χ3v) is 3.38. The Morgan fingerprint density at radius 1 is 1.65 bits per heavy atom. The van der Waals surface area contributed by atoms with Gasteiger partial charge in [0.2, 0.25) is 10.0 Å². The van der Waals surface area contributed by atoms with Gasteiger partial charge in [-0.2, -0.15) is 4.31 Å². The number of hydrogen-bond donors (Lipinski definition) is 2. The minimum atomic E-state index is -3.36. The minimum Gasteiger partial charge on any atom is -0.468 e. The molecule has 0 radical (unpaired) electrons. The van der Waals surface area contributed by atoms with Gasteiger partial charge in [-0.15, -0.1) is 0 Å². The van der Waals surface area contributed by atoms with Crippen LogP contribution in [0.1, 0.15) is 12.2 Å². The van der Waals surface area contributed by atoms with E-state index in [0.29, 0.717) is 5.76 Å². The van der Waals surface area contributed by atoms with E-state index in [1.807, 2.05) is 0 Å². The molecule has 3 N–H and O–H groups in total. The molecule has 0 aromatic carbocycles. The maximum Gasteiger partial charge on any atom is 0.211 e. The van der Waals surface area contributed by atoms with E-state index in [4.69, 9.17) is 15.4 Å². The van der Waals surface area contributed by atoms with Crippen molar-refractivity contribution >= 4 is 15.9 Å². The van der Waals surface area contributed by atoms with Crippen LogP contribution in [0.5, 0.6) is 0 Å². The van der Waals surface area contributed by atoms with Gasteiger partial charge in [-0.3, -0.25) is 0 Å². The van der Waals surface area contributed by atoms with Gasteiger partial charge in [-0.25, -0.2) is 8.42 Å². The van der Waals surface area contributed by atoms with Crippen LogP contribution in [0.3, 0.4) is 0 Å². The van der Waals surface area contributed by atoms with Crippen molar-refractivity contribution in [2.24, 2.45) is 10.9 Å². The molecular weight excluding hydrogens is 246 g/mol. The highest BCUT2D eigenvalue weighted by molar-refractivity contribution is 7.88. The lowest BCUT2D eigenvalue weighted by molar-refractivity contribution is 0.314. The van der Waals surface area contributed by atoms with Gasteiger partial charge in [0.15, 0.2) is 0 Å². The van der Waals surface area contributed by atoms with Crippen LogP contribution in [0.15, 0.2) is 28.0 Å². The Morgan fingerprint density at radius 3 is 2.82 bits per heavy atom. The van der Waals surface area contributed by atoms with Gasteiger partial charge < -0.3 is 15.4 Å². The summed E-state index contributed by atoms with van der Waals surface area (Å²) in [6, 6.07) is 3.36. The summed E-state index contributed by atoms with van der Waals surface area (Å²) in [4.78, 5) is 0. The minimum absolute atomic E-state index is 0.0157. The molecular formula is C9H15N3O4S. The molecule has 0 atom stereocenters. The van der Waals surface area contributed by atoms with Crippen LogP contribution >= 0.6 is 0 Å². The first-order valence-electron chi connectivity index (χ1n) is 4.87. The molecule has 0 aliphatic heterocycles. The summed E-state index contributed by atoms with van der Waals surface area (Å²) in [7, 11) is -3.36. The van der Waals surface area contributed by atoms with Gasteiger partial charge in [0.1, 0.15) is 11.6 Å². The lowest BCUT2D eigenvalue weighted by Gasteiger charge is -2.18. The smallest absolute Gasteiger partial charge is 0.211 e. The summed E-state index contributed by atoms with van der Waals surface area (Å²) in [5.74, 6) is 0.521. The van der Waals surface area contributed by atoms with Gasteiger partial charge in [0.05, 0.1) is 19.1 Å². The number of nitrogens with two attached hydrogens (primary N) is 1. The predicted molar refractivity (Wildman–Crippen MR) is 62.0 cm³/mol. The molecule has 8 heteroatoms. The molecule has 17 heavy (non-hydrogen) atoms. The summed E-state index contributed by atoms with van der Waals surface area (Å²) in [6.45, 7) is 0.264. The Kier molecular flexibility index (Phi) is 4.53. The van der Waals surface area contributed by atoms with Gasteiger partial charge >= 0.3 is 0 Å². The van der Waals surface area contributed by atoms with Crippen molar-refractivity contribution in [2.75, 3.05) is 12.8 Å². The molecule has 1 aromatic rings. The Balaban J connectivity index is 2.69. The molecule has 1 aromatic heterocycles. The van der Waals surface area contributed by atoms with Crippen molar-refractivity contribution in [2.45, 2.75) is 13.0 Å². The summed E-state index contributed by atoms with van der Waals surface area (Å²) in [5.41, 5.74) is 5.29. The second-order valence-electron chi connectivity index (χ2n) is 3.52. The SMILES string of the molecule is CS(=O)(=O)N(CCC(N)=NO)Cc1ccco1. The summed E-state index contributed by atoms with van der Waals surface area (Å²) >= 11 is 0. The average Bonchev–Trinajstić information content (AvgIpc) is 2.74. The van der Waals surface area contributed by atoms with E-state index in [-0.39, 0.29) is 25.3 Å². The summed E-state index contributed by atoms with van der Waals surface area (Å²) < 4.78 is 29.3. The van der Waals surface area contributed by atoms with Crippen LogP contribution in [0.25, 0.3) is 0 Å². The first kappa shape index (κ1) is 13.5. The molecule has 0 amide bonds. The van der Waals surface area contributed by atoms with E-state index >= 15 is 0 Å². The van der Waals surface area contributed by atoms with E-state index in [1.165, 1.54) is 10.6 Å². The highest BCUT2D eigenvalue weighted by atomic mass is 32.2. The van der Waals surface area contributed by atoms with Gasteiger partial charge in [0.25, 0.3) is 0 Å². The Morgan fingerprint density at radius 2 is 2.35 bits per heavy atom. The van der Waals surface area contributed by atoms with Crippen LogP contribution in [-0.2, 0) is 16.6 Å². The van der Waals surface area contributed by atoms with Crippen LogP contribution in [-0.4, -0.2) is 36.6 Å². The summed E-state index contributed by atoms with van der Waals surface area (Å²) in [5, 5.41) is 11.2. The van der Waals surface area contributed by atoms with Crippen molar-refractivity contribution in [1.82, 2.24) is 4.31 Å². The van der Waals surface area contributed by atoms with Crippen LogP contribution < -0.4 is 5.73 Å². The maximum atomic E-state index is 11.5. The molecule has 7 nitrogen and oxygen atoms in total. The van der Waals surface area contributed by atoms with Crippen molar-refractivity contribution in [1.29, 1.82) is 0 Å². The fraction of sp³-hybridized carbons (Fsp3) is 0.444. The van der Waals surface area contributed by atoms with Crippen molar-refractivity contribution in [3.8, 4) is 0 Å². The van der Waals surface area contributed by atoms with Gasteiger partial charge in [-0.05, 0) is 12.1 Å².